The fraction of sp³-hybridized carbons (Fsp3) is 0.625. The largest absolute Gasteiger partial charge is 0.377 e. The Hall–Kier alpha value is -0.860. The zero-order chi connectivity index (χ0) is 12.2. The first-order valence-electron chi connectivity index (χ1n) is 7.36. The van der Waals surface area contributed by atoms with E-state index in [1.54, 1.807) is 5.56 Å². The van der Waals surface area contributed by atoms with Crippen LogP contribution < -0.4 is 5.32 Å². The van der Waals surface area contributed by atoms with Crippen molar-refractivity contribution >= 4 is 0 Å². The second-order valence-electron chi connectivity index (χ2n) is 5.54. The molecule has 0 saturated carbocycles. The summed E-state index contributed by atoms with van der Waals surface area (Å²) in [5, 5.41) is 3.73. The van der Waals surface area contributed by atoms with Gasteiger partial charge in [-0.25, -0.2) is 0 Å². The average Bonchev–Trinajstić information content (AvgIpc) is 2.84. The van der Waals surface area contributed by atoms with Gasteiger partial charge in [0.15, 0.2) is 0 Å². The van der Waals surface area contributed by atoms with E-state index >= 15 is 0 Å². The lowest BCUT2D eigenvalue weighted by Gasteiger charge is -2.21. The number of fused-ring (bicyclic) bond motifs is 1. The Morgan fingerprint density at radius 3 is 2.94 bits per heavy atom. The Labute approximate surface area is 110 Å². The molecule has 2 atom stereocenters. The molecule has 0 aromatic heterocycles. The maximum atomic E-state index is 5.70. The third kappa shape index (κ3) is 2.76. The Bertz CT molecular complexity index is 384. The molecule has 0 amide bonds. The van der Waals surface area contributed by atoms with Crippen LogP contribution in [-0.2, 0) is 11.2 Å². The second-order valence-corrected chi connectivity index (χ2v) is 5.54. The van der Waals surface area contributed by atoms with Crippen LogP contribution in [0.3, 0.4) is 0 Å². The molecule has 18 heavy (non-hydrogen) atoms. The van der Waals surface area contributed by atoms with Gasteiger partial charge in [-0.3, -0.25) is 0 Å². The second kappa shape index (κ2) is 5.85. The third-order valence-electron chi connectivity index (χ3n) is 4.24. The normalized spacial score (nSPS) is 27.8. The smallest absolute Gasteiger partial charge is 0.0700 e. The van der Waals surface area contributed by atoms with E-state index in [1.165, 1.54) is 44.1 Å². The van der Waals surface area contributed by atoms with Crippen molar-refractivity contribution in [2.75, 3.05) is 13.2 Å². The summed E-state index contributed by atoms with van der Waals surface area (Å²) >= 11 is 0. The number of nitrogens with one attached hydrogen (secondary N) is 1. The van der Waals surface area contributed by atoms with Gasteiger partial charge in [-0.05, 0) is 43.2 Å². The van der Waals surface area contributed by atoms with Crippen molar-refractivity contribution in [1.29, 1.82) is 0 Å². The van der Waals surface area contributed by atoms with Crippen molar-refractivity contribution in [2.24, 2.45) is 0 Å². The summed E-state index contributed by atoms with van der Waals surface area (Å²) in [6.07, 6.45) is 8.07. The summed E-state index contributed by atoms with van der Waals surface area (Å²) < 4.78 is 5.70. The van der Waals surface area contributed by atoms with E-state index in [-0.39, 0.29) is 0 Å². The molecule has 0 radical (unpaired) electrons. The van der Waals surface area contributed by atoms with E-state index in [9.17, 15) is 0 Å². The molecule has 2 aliphatic rings. The van der Waals surface area contributed by atoms with Crippen molar-refractivity contribution in [1.82, 2.24) is 5.32 Å². The molecule has 1 N–H and O–H groups in total. The van der Waals surface area contributed by atoms with Crippen molar-refractivity contribution < 1.29 is 4.74 Å². The summed E-state index contributed by atoms with van der Waals surface area (Å²) in [4.78, 5) is 0. The summed E-state index contributed by atoms with van der Waals surface area (Å²) in [7, 11) is 0. The highest BCUT2D eigenvalue weighted by Gasteiger charge is 2.21. The monoisotopic (exact) mass is 245 g/mol. The third-order valence-corrected chi connectivity index (χ3v) is 4.24. The standard InChI is InChI=1S/C16H23NO/c1-3-9-15-13(6-1)7-2-4-10-16(15)17-12-14-8-5-11-18-14/h1,3,6,9,14,16-17H,2,4-5,7-8,10-12H2. The van der Waals surface area contributed by atoms with E-state index in [1.807, 2.05) is 0 Å². The molecule has 1 aromatic rings. The van der Waals surface area contributed by atoms with Gasteiger partial charge in [-0.1, -0.05) is 30.7 Å². The van der Waals surface area contributed by atoms with Gasteiger partial charge in [0.25, 0.3) is 0 Å². The SMILES string of the molecule is c1ccc2c(c1)CCCCC2NCC1CCCO1. The number of rotatable bonds is 3. The highest BCUT2D eigenvalue weighted by Crippen LogP contribution is 2.28. The molecule has 1 aromatic carbocycles. The van der Waals surface area contributed by atoms with Gasteiger partial charge >= 0.3 is 0 Å². The Morgan fingerprint density at radius 1 is 1.11 bits per heavy atom. The summed E-state index contributed by atoms with van der Waals surface area (Å²) in [6.45, 7) is 1.96. The Balaban J connectivity index is 1.67. The van der Waals surface area contributed by atoms with Gasteiger partial charge in [-0.2, -0.15) is 0 Å². The lowest BCUT2D eigenvalue weighted by Crippen LogP contribution is -2.30. The average molecular weight is 245 g/mol. The van der Waals surface area contributed by atoms with Gasteiger partial charge in [-0.15, -0.1) is 0 Å². The molecule has 98 valence electrons. The van der Waals surface area contributed by atoms with E-state index in [0.717, 1.165) is 13.2 Å². The summed E-state index contributed by atoms with van der Waals surface area (Å²) in [6, 6.07) is 9.47. The summed E-state index contributed by atoms with van der Waals surface area (Å²) in [5.74, 6) is 0. The minimum atomic E-state index is 0.445. The van der Waals surface area contributed by atoms with Crippen LogP contribution in [0.1, 0.15) is 49.3 Å². The van der Waals surface area contributed by atoms with E-state index in [4.69, 9.17) is 4.74 Å². The molecule has 2 nitrogen and oxygen atoms in total. The molecular weight excluding hydrogens is 222 g/mol. The number of hydrogen-bond acceptors (Lipinski definition) is 2. The first kappa shape index (κ1) is 12.2. The first-order chi connectivity index (χ1) is 8.93. The zero-order valence-corrected chi connectivity index (χ0v) is 11.0. The fourth-order valence-electron chi connectivity index (χ4n) is 3.21. The zero-order valence-electron chi connectivity index (χ0n) is 11.0. The number of aryl methyl sites for hydroxylation is 1. The van der Waals surface area contributed by atoms with Gasteiger partial charge in [0.1, 0.15) is 0 Å². The van der Waals surface area contributed by atoms with Crippen molar-refractivity contribution in [2.45, 2.75) is 50.7 Å². The van der Waals surface area contributed by atoms with Gasteiger partial charge in [0, 0.05) is 19.2 Å². The molecule has 1 fully saturated rings. The first-order valence-corrected chi connectivity index (χ1v) is 7.36. The lowest BCUT2D eigenvalue weighted by molar-refractivity contribution is 0.107. The molecule has 2 unspecified atom stereocenters. The maximum absolute atomic E-state index is 5.70. The Morgan fingerprint density at radius 2 is 2.06 bits per heavy atom. The van der Waals surface area contributed by atoms with Gasteiger partial charge in [0.05, 0.1) is 6.10 Å². The quantitative estimate of drug-likeness (QED) is 0.826. The van der Waals surface area contributed by atoms with Gasteiger partial charge < -0.3 is 10.1 Å². The Kier molecular flexibility index (Phi) is 3.96. The van der Waals surface area contributed by atoms with Crippen LogP contribution in [0.4, 0.5) is 0 Å². The summed E-state index contributed by atoms with van der Waals surface area (Å²) in [5.41, 5.74) is 3.06. The molecule has 1 saturated heterocycles. The minimum Gasteiger partial charge on any atom is -0.377 e. The number of benzene rings is 1. The van der Waals surface area contributed by atoms with Gasteiger partial charge in [0.2, 0.25) is 0 Å². The molecule has 3 rings (SSSR count). The number of hydrogen-bond donors (Lipinski definition) is 1. The topological polar surface area (TPSA) is 21.3 Å². The molecule has 1 aliphatic carbocycles. The van der Waals surface area contributed by atoms with Crippen molar-refractivity contribution in [3.8, 4) is 0 Å². The molecule has 2 heteroatoms. The number of ether oxygens (including phenoxy) is 1. The predicted molar refractivity (Wildman–Crippen MR) is 73.7 cm³/mol. The van der Waals surface area contributed by atoms with Crippen LogP contribution in [-0.4, -0.2) is 19.3 Å². The highest BCUT2D eigenvalue weighted by molar-refractivity contribution is 5.31. The maximum Gasteiger partial charge on any atom is 0.0700 e. The van der Waals surface area contributed by atoms with Crippen LogP contribution >= 0.6 is 0 Å². The highest BCUT2D eigenvalue weighted by atomic mass is 16.5. The van der Waals surface area contributed by atoms with Crippen LogP contribution in [0.5, 0.6) is 0 Å². The van der Waals surface area contributed by atoms with E-state index < -0.39 is 0 Å². The fourth-order valence-corrected chi connectivity index (χ4v) is 3.21. The molecule has 0 spiro atoms. The van der Waals surface area contributed by atoms with Crippen molar-refractivity contribution in [3.63, 3.8) is 0 Å². The molecule has 1 aliphatic heterocycles. The molecule has 1 heterocycles. The molecule has 0 bridgehead atoms. The lowest BCUT2D eigenvalue weighted by atomic mass is 9.99. The predicted octanol–water partition coefficient (Wildman–Crippen LogP) is 3.22. The molecular formula is C16H23NO. The van der Waals surface area contributed by atoms with Crippen LogP contribution in [0.25, 0.3) is 0 Å². The minimum absolute atomic E-state index is 0.445. The van der Waals surface area contributed by atoms with Crippen molar-refractivity contribution in [3.05, 3.63) is 35.4 Å². The van der Waals surface area contributed by atoms with E-state index in [0.29, 0.717) is 12.1 Å². The van der Waals surface area contributed by atoms with Crippen LogP contribution in [0.15, 0.2) is 24.3 Å². The van der Waals surface area contributed by atoms with Crippen LogP contribution in [0.2, 0.25) is 0 Å². The van der Waals surface area contributed by atoms with Crippen LogP contribution in [0, 0.1) is 0 Å². The van der Waals surface area contributed by atoms with E-state index in [2.05, 4.69) is 29.6 Å².